The molecular formula is C16H28N2O2. The molecule has 0 spiro atoms. The van der Waals surface area contributed by atoms with E-state index in [4.69, 9.17) is 4.74 Å². The third-order valence-corrected chi connectivity index (χ3v) is 3.43. The summed E-state index contributed by atoms with van der Waals surface area (Å²) in [4.78, 5) is 2.16. The fourth-order valence-corrected chi connectivity index (χ4v) is 2.44. The van der Waals surface area contributed by atoms with Crippen LogP contribution in [0.5, 0.6) is 5.75 Å². The molecule has 0 aliphatic carbocycles. The number of aryl methyl sites for hydroxylation is 2. The van der Waals surface area contributed by atoms with E-state index in [0.29, 0.717) is 6.54 Å². The molecule has 20 heavy (non-hydrogen) atoms. The average molecular weight is 280 g/mol. The van der Waals surface area contributed by atoms with E-state index in [9.17, 15) is 5.11 Å². The van der Waals surface area contributed by atoms with Crippen molar-refractivity contribution in [3.05, 3.63) is 28.8 Å². The van der Waals surface area contributed by atoms with Gasteiger partial charge in [0, 0.05) is 6.54 Å². The second-order valence-electron chi connectivity index (χ2n) is 5.55. The van der Waals surface area contributed by atoms with Crippen molar-refractivity contribution in [2.45, 2.75) is 26.4 Å². The summed E-state index contributed by atoms with van der Waals surface area (Å²) in [6.07, 6.45) is 0.612. The van der Waals surface area contributed by atoms with Crippen molar-refractivity contribution in [3.63, 3.8) is 0 Å². The van der Waals surface area contributed by atoms with E-state index >= 15 is 0 Å². The summed E-state index contributed by atoms with van der Waals surface area (Å²) in [6, 6.07) is 3.94. The van der Waals surface area contributed by atoms with Gasteiger partial charge in [-0.3, -0.25) is 0 Å². The minimum Gasteiger partial charge on any atom is -0.497 e. The number of methoxy groups -OCH3 is 1. The third kappa shape index (κ3) is 5.12. The molecule has 0 bridgehead atoms. The van der Waals surface area contributed by atoms with E-state index in [1.54, 1.807) is 7.11 Å². The molecule has 0 amide bonds. The summed E-state index contributed by atoms with van der Waals surface area (Å²) in [5.41, 5.74) is 3.15. The van der Waals surface area contributed by atoms with Crippen LogP contribution in [0.2, 0.25) is 0 Å². The van der Waals surface area contributed by atoms with Crippen molar-refractivity contribution in [1.29, 1.82) is 0 Å². The van der Waals surface area contributed by atoms with Crippen LogP contribution in [-0.2, 0) is 0 Å². The van der Waals surface area contributed by atoms with E-state index in [1.807, 2.05) is 26.0 Å². The Morgan fingerprint density at radius 3 is 2.35 bits per heavy atom. The van der Waals surface area contributed by atoms with Crippen molar-refractivity contribution in [2.24, 2.45) is 0 Å². The van der Waals surface area contributed by atoms with Crippen LogP contribution < -0.4 is 10.1 Å². The van der Waals surface area contributed by atoms with Crippen molar-refractivity contribution >= 4 is 0 Å². The van der Waals surface area contributed by atoms with Crippen LogP contribution in [0, 0.1) is 13.8 Å². The van der Waals surface area contributed by atoms with Crippen LogP contribution in [0.1, 0.15) is 29.2 Å². The van der Waals surface area contributed by atoms with Crippen molar-refractivity contribution < 1.29 is 9.84 Å². The van der Waals surface area contributed by atoms with E-state index in [2.05, 4.69) is 24.3 Å². The molecule has 0 saturated carbocycles. The highest BCUT2D eigenvalue weighted by atomic mass is 16.5. The molecule has 114 valence electrons. The highest BCUT2D eigenvalue weighted by molar-refractivity contribution is 5.42. The number of ether oxygens (including phenoxy) is 1. The Kier molecular flexibility index (Phi) is 6.99. The minimum absolute atomic E-state index is 0.472. The Balaban J connectivity index is 2.53. The van der Waals surface area contributed by atoms with Gasteiger partial charge in [0.25, 0.3) is 0 Å². The van der Waals surface area contributed by atoms with E-state index in [-0.39, 0.29) is 0 Å². The number of hydrogen-bond donors (Lipinski definition) is 2. The lowest BCUT2D eigenvalue weighted by molar-refractivity contribution is 0.173. The lowest BCUT2D eigenvalue weighted by Crippen LogP contribution is -2.26. The Bertz CT molecular complexity index is 396. The van der Waals surface area contributed by atoms with Gasteiger partial charge in [0.2, 0.25) is 0 Å². The third-order valence-electron chi connectivity index (χ3n) is 3.43. The summed E-state index contributed by atoms with van der Waals surface area (Å²) >= 11 is 0. The Labute approximate surface area is 122 Å². The van der Waals surface area contributed by atoms with Crippen LogP contribution in [0.15, 0.2) is 12.1 Å². The second kappa shape index (κ2) is 8.25. The fraction of sp³-hybridized carbons (Fsp3) is 0.625. The zero-order chi connectivity index (χ0) is 15.1. The van der Waals surface area contributed by atoms with Crippen molar-refractivity contribution in [1.82, 2.24) is 10.2 Å². The van der Waals surface area contributed by atoms with Gasteiger partial charge in [-0.25, -0.2) is 0 Å². The molecule has 0 heterocycles. The predicted molar refractivity (Wildman–Crippen MR) is 83.5 cm³/mol. The molecule has 2 N–H and O–H groups in total. The van der Waals surface area contributed by atoms with E-state index < -0.39 is 6.10 Å². The predicted octanol–water partition coefficient (Wildman–Crippen LogP) is 1.89. The molecule has 0 saturated heterocycles. The number of benzene rings is 1. The SMILES string of the molecule is COc1cc(C)c(C(O)CNCCCN(C)C)c(C)c1. The molecule has 1 aromatic carbocycles. The lowest BCUT2D eigenvalue weighted by atomic mass is 9.97. The fourth-order valence-electron chi connectivity index (χ4n) is 2.44. The van der Waals surface area contributed by atoms with Crippen LogP contribution in [-0.4, -0.2) is 50.8 Å². The molecule has 0 aliphatic rings. The van der Waals surface area contributed by atoms with Crippen LogP contribution in [0.4, 0.5) is 0 Å². The number of rotatable bonds is 8. The van der Waals surface area contributed by atoms with E-state index in [1.165, 1.54) is 0 Å². The molecule has 1 unspecified atom stereocenters. The van der Waals surface area contributed by atoms with Gasteiger partial charge in [-0.05, 0) is 76.3 Å². The summed E-state index contributed by atoms with van der Waals surface area (Å²) in [6.45, 7) is 6.59. The maximum atomic E-state index is 10.3. The Morgan fingerprint density at radius 1 is 1.25 bits per heavy atom. The highest BCUT2D eigenvalue weighted by Gasteiger charge is 2.14. The molecular weight excluding hydrogens is 252 g/mol. The normalized spacial score (nSPS) is 12.8. The Morgan fingerprint density at radius 2 is 1.85 bits per heavy atom. The molecule has 4 nitrogen and oxygen atoms in total. The molecule has 0 aromatic heterocycles. The maximum absolute atomic E-state index is 10.3. The van der Waals surface area contributed by atoms with Gasteiger partial charge in [-0.2, -0.15) is 0 Å². The summed E-state index contributed by atoms with van der Waals surface area (Å²) in [7, 11) is 5.80. The monoisotopic (exact) mass is 280 g/mol. The standard InChI is InChI=1S/C16H28N2O2/c1-12-9-14(20-5)10-13(2)16(12)15(19)11-17-7-6-8-18(3)4/h9-10,15,17,19H,6-8,11H2,1-5H3. The number of nitrogens with one attached hydrogen (secondary N) is 1. The van der Waals surface area contributed by atoms with Gasteiger partial charge in [-0.15, -0.1) is 0 Å². The molecule has 1 rings (SSSR count). The van der Waals surface area contributed by atoms with Crippen molar-refractivity contribution in [2.75, 3.05) is 40.8 Å². The van der Waals surface area contributed by atoms with Crippen LogP contribution >= 0.6 is 0 Å². The zero-order valence-corrected chi connectivity index (χ0v) is 13.4. The average Bonchev–Trinajstić information content (AvgIpc) is 2.36. The zero-order valence-electron chi connectivity index (χ0n) is 13.4. The maximum Gasteiger partial charge on any atom is 0.119 e. The van der Waals surface area contributed by atoms with Gasteiger partial charge in [0.05, 0.1) is 13.2 Å². The first-order valence-electron chi connectivity index (χ1n) is 7.14. The Hall–Kier alpha value is -1.10. The number of nitrogens with zero attached hydrogens (tertiary/aromatic N) is 1. The second-order valence-corrected chi connectivity index (χ2v) is 5.55. The summed E-state index contributed by atoms with van der Waals surface area (Å²) in [5, 5.41) is 13.7. The molecule has 0 radical (unpaired) electrons. The minimum atomic E-state index is -0.472. The van der Waals surface area contributed by atoms with Crippen molar-refractivity contribution in [3.8, 4) is 5.75 Å². The largest absolute Gasteiger partial charge is 0.497 e. The molecule has 1 atom stereocenters. The molecule has 0 aliphatic heterocycles. The number of aliphatic hydroxyl groups is 1. The smallest absolute Gasteiger partial charge is 0.119 e. The first-order chi connectivity index (χ1) is 9.45. The van der Waals surface area contributed by atoms with Gasteiger partial charge in [0.1, 0.15) is 5.75 Å². The first-order valence-corrected chi connectivity index (χ1v) is 7.14. The number of hydrogen-bond acceptors (Lipinski definition) is 4. The molecule has 0 fully saturated rings. The topological polar surface area (TPSA) is 44.7 Å². The summed E-state index contributed by atoms with van der Waals surface area (Å²) < 4.78 is 5.24. The van der Waals surface area contributed by atoms with Crippen LogP contribution in [0.3, 0.4) is 0 Å². The molecule has 1 aromatic rings. The number of aliphatic hydroxyl groups excluding tert-OH is 1. The highest BCUT2D eigenvalue weighted by Crippen LogP contribution is 2.26. The van der Waals surface area contributed by atoms with Gasteiger partial charge in [0.15, 0.2) is 0 Å². The lowest BCUT2D eigenvalue weighted by Gasteiger charge is -2.18. The van der Waals surface area contributed by atoms with Gasteiger partial charge in [-0.1, -0.05) is 0 Å². The quantitative estimate of drug-likeness (QED) is 0.714. The van der Waals surface area contributed by atoms with E-state index in [0.717, 1.165) is 42.0 Å². The first kappa shape index (κ1) is 17.0. The van der Waals surface area contributed by atoms with Gasteiger partial charge >= 0.3 is 0 Å². The van der Waals surface area contributed by atoms with Gasteiger partial charge < -0.3 is 20.1 Å². The van der Waals surface area contributed by atoms with Crippen LogP contribution in [0.25, 0.3) is 0 Å². The summed E-state index contributed by atoms with van der Waals surface area (Å²) in [5.74, 6) is 0.842. The molecule has 4 heteroatoms.